The van der Waals surface area contributed by atoms with Crippen molar-refractivity contribution in [1.29, 1.82) is 0 Å². The Kier molecular flexibility index (Phi) is 11.4. The van der Waals surface area contributed by atoms with Gasteiger partial charge in [0, 0.05) is 19.4 Å². The van der Waals surface area contributed by atoms with Gasteiger partial charge in [-0.15, -0.1) is 0 Å². The lowest BCUT2D eigenvalue weighted by molar-refractivity contribution is -0.145. The quantitative estimate of drug-likeness (QED) is 0.208. The second kappa shape index (κ2) is 14.7. The number of nitrogens with one attached hydrogen (secondary N) is 3. The van der Waals surface area contributed by atoms with Gasteiger partial charge in [-0.3, -0.25) is 28.8 Å². The van der Waals surface area contributed by atoms with E-state index < -0.39 is 47.4 Å². The molecule has 0 saturated carbocycles. The molecule has 4 amide bonds. The molecule has 3 atom stereocenters. The number of ether oxygens (including phenoxy) is 1. The summed E-state index contributed by atoms with van der Waals surface area (Å²) in [6, 6.07) is 6.78. The SMILES string of the molecule is CCOC(=O)CC(=O)CCCCC[C@@H]1NC(=O)[C@@H]2CCCN2C(=O)[C@H](Cc2ccccc2)NC(=O)C(C)(C)NC1=O. The number of esters is 1. The molecular weight excluding hydrogens is 528 g/mol. The van der Waals surface area contributed by atoms with Crippen LogP contribution < -0.4 is 16.0 Å². The lowest BCUT2D eigenvalue weighted by atomic mass is 9.98. The fraction of sp³-hybridized carbons (Fsp3) is 0.600. The van der Waals surface area contributed by atoms with Crippen LogP contribution in [0.5, 0.6) is 0 Å². The van der Waals surface area contributed by atoms with Gasteiger partial charge in [0.1, 0.15) is 35.9 Å². The largest absolute Gasteiger partial charge is 0.466 e. The zero-order valence-electron chi connectivity index (χ0n) is 24.2. The first-order chi connectivity index (χ1) is 19.5. The minimum absolute atomic E-state index is 0.204. The molecule has 0 aromatic heterocycles. The smallest absolute Gasteiger partial charge is 0.313 e. The van der Waals surface area contributed by atoms with Crippen molar-refractivity contribution >= 4 is 35.4 Å². The number of fused-ring (bicyclic) bond motifs is 1. The minimum Gasteiger partial charge on any atom is -0.466 e. The molecule has 3 rings (SSSR count). The number of rotatable bonds is 11. The summed E-state index contributed by atoms with van der Waals surface area (Å²) in [4.78, 5) is 78.7. The van der Waals surface area contributed by atoms with Gasteiger partial charge in [-0.1, -0.05) is 43.2 Å². The number of unbranched alkanes of at least 4 members (excludes halogenated alkanes) is 2. The molecule has 224 valence electrons. The fourth-order valence-electron chi connectivity index (χ4n) is 5.19. The van der Waals surface area contributed by atoms with E-state index in [1.54, 1.807) is 20.8 Å². The Bertz CT molecular complexity index is 1120. The van der Waals surface area contributed by atoms with Gasteiger partial charge in [-0.2, -0.15) is 0 Å². The van der Waals surface area contributed by atoms with Crippen LogP contribution in [0.4, 0.5) is 0 Å². The average molecular weight is 571 g/mol. The van der Waals surface area contributed by atoms with Crippen LogP contribution in [-0.4, -0.2) is 77.1 Å². The van der Waals surface area contributed by atoms with Gasteiger partial charge in [-0.25, -0.2) is 0 Å². The zero-order valence-corrected chi connectivity index (χ0v) is 24.2. The molecular formula is C30H42N4O7. The number of nitrogens with zero attached hydrogens (tertiary/aromatic N) is 1. The molecule has 0 bridgehead atoms. The average Bonchev–Trinajstić information content (AvgIpc) is 3.41. The third kappa shape index (κ3) is 9.12. The number of amides is 4. The summed E-state index contributed by atoms with van der Waals surface area (Å²) < 4.78 is 4.80. The number of Topliss-reactive ketones (excluding diaryl/α,β-unsaturated/α-hetero) is 1. The Balaban J connectivity index is 1.69. The third-order valence-electron chi connectivity index (χ3n) is 7.46. The maximum atomic E-state index is 13.7. The zero-order chi connectivity index (χ0) is 30.0. The van der Waals surface area contributed by atoms with Crippen molar-refractivity contribution < 1.29 is 33.5 Å². The van der Waals surface area contributed by atoms with Crippen LogP contribution >= 0.6 is 0 Å². The summed E-state index contributed by atoms with van der Waals surface area (Å²) in [6.07, 6.45) is 3.28. The van der Waals surface area contributed by atoms with Crippen LogP contribution in [0, 0.1) is 0 Å². The van der Waals surface area contributed by atoms with Crippen molar-refractivity contribution in [2.75, 3.05) is 13.2 Å². The predicted octanol–water partition coefficient (Wildman–Crippen LogP) is 1.57. The number of hydrogen-bond acceptors (Lipinski definition) is 7. The first kappa shape index (κ1) is 31.8. The van der Waals surface area contributed by atoms with E-state index in [-0.39, 0.29) is 37.6 Å². The Morgan fingerprint density at radius 2 is 1.71 bits per heavy atom. The Morgan fingerprint density at radius 1 is 0.976 bits per heavy atom. The standard InChI is InChI=1S/C30H42N4O7/c1-4-41-25(36)19-21(35)14-9-6-10-15-22-26(37)33-30(2,3)29(40)32-23(18-20-12-7-5-8-13-20)28(39)34-17-11-16-24(34)27(38)31-22/h5,7-8,12-13,22-24H,4,6,9-11,14-19H2,1-3H3,(H,31,38)(H,32,40)(H,33,37)/t22-,23-,24-/m0/s1. The molecule has 11 heteroatoms. The summed E-state index contributed by atoms with van der Waals surface area (Å²) in [6.45, 7) is 5.41. The lowest BCUT2D eigenvalue weighted by Gasteiger charge is -2.34. The number of carbonyl (C=O) groups excluding carboxylic acids is 6. The first-order valence-corrected chi connectivity index (χ1v) is 14.5. The predicted molar refractivity (Wildman–Crippen MR) is 150 cm³/mol. The fourth-order valence-corrected chi connectivity index (χ4v) is 5.19. The van der Waals surface area contributed by atoms with Crippen molar-refractivity contribution in [3.8, 4) is 0 Å². The number of benzene rings is 1. The molecule has 2 aliphatic rings. The molecule has 1 aromatic carbocycles. The highest BCUT2D eigenvalue weighted by molar-refractivity contribution is 5.99. The maximum Gasteiger partial charge on any atom is 0.313 e. The molecule has 2 heterocycles. The van der Waals surface area contributed by atoms with E-state index in [9.17, 15) is 28.8 Å². The van der Waals surface area contributed by atoms with Crippen molar-refractivity contribution in [2.24, 2.45) is 0 Å². The number of carbonyl (C=O) groups is 6. The Hall–Kier alpha value is -3.76. The molecule has 0 unspecified atom stereocenters. The lowest BCUT2D eigenvalue weighted by Crippen LogP contribution is -2.64. The molecule has 0 radical (unpaired) electrons. The van der Waals surface area contributed by atoms with E-state index in [1.807, 2.05) is 30.3 Å². The van der Waals surface area contributed by atoms with E-state index in [0.29, 0.717) is 45.1 Å². The van der Waals surface area contributed by atoms with Crippen molar-refractivity contribution in [1.82, 2.24) is 20.9 Å². The van der Waals surface area contributed by atoms with Crippen LogP contribution in [0.2, 0.25) is 0 Å². The van der Waals surface area contributed by atoms with Gasteiger partial charge in [-0.05, 0) is 52.0 Å². The first-order valence-electron chi connectivity index (χ1n) is 14.5. The normalized spacial score (nSPS) is 22.9. The van der Waals surface area contributed by atoms with Gasteiger partial charge in [0.15, 0.2) is 0 Å². The summed E-state index contributed by atoms with van der Waals surface area (Å²) >= 11 is 0. The van der Waals surface area contributed by atoms with Gasteiger partial charge in [0.25, 0.3) is 0 Å². The third-order valence-corrected chi connectivity index (χ3v) is 7.46. The highest BCUT2D eigenvalue weighted by Gasteiger charge is 2.42. The number of hydrogen-bond donors (Lipinski definition) is 3. The van der Waals surface area contributed by atoms with Crippen molar-refractivity contribution in [3.05, 3.63) is 35.9 Å². The van der Waals surface area contributed by atoms with Crippen LogP contribution in [-0.2, 0) is 39.9 Å². The van der Waals surface area contributed by atoms with Crippen LogP contribution in [0.25, 0.3) is 0 Å². The number of ketones is 1. The van der Waals surface area contributed by atoms with E-state index >= 15 is 0 Å². The topological polar surface area (TPSA) is 151 Å². The van der Waals surface area contributed by atoms with E-state index in [0.717, 1.165) is 5.56 Å². The summed E-state index contributed by atoms with van der Waals surface area (Å²) in [5.74, 6) is -2.46. The highest BCUT2D eigenvalue weighted by Crippen LogP contribution is 2.21. The monoisotopic (exact) mass is 570 g/mol. The molecule has 11 nitrogen and oxygen atoms in total. The Morgan fingerprint density at radius 3 is 2.41 bits per heavy atom. The van der Waals surface area contributed by atoms with E-state index in [1.165, 1.54) is 4.90 Å². The Labute approximate surface area is 241 Å². The summed E-state index contributed by atoms with van der Waals surface area (Å²) in [5.41, 5.74) is -0.485. The highest BCUT2D eigenvalue weighted by atomic mass is 16.5. The van der Waals surface area contributed by atoms with Crippen LogP contribution in [0.3, 0.4) is 0 Å². The molecule has 2 aliphatic heterocycles. The van der Waals surface area contributed by atoms with Crippen molar-refractivity contribution in [2.45, 2.75) is 102 Å². The molecule has 2 fully saturated rings. The van der Waals surface area contributed by atoms with Crippen LogP contribution in [0.15, 0.2) is 30.3 Å². The maximum absolute atomic E-state index is 13.7. The van der Waals surface area contributed by atoms with E-state index in [2.05, 4.69) is 16.0 Å². The molecule has 2 saturated heterocycles. The van der Waals surface area contributed by atoms with Crippen LogP contribution in [0.1, 0.15) is 77.7 Å². The van der Waals surface area contributed by atoms with Gasteiger partial charge < -0.3 is 25.6 Å². The second-order valence-electron chi connectivity index (χ2n) is 11.2. The molecule has 41 heavy (non-hydrogen) atoms. The molecule has 3 N–H and O–H groups in total. The molecule has 0 spiro atoms. The summed E-state index contributed by atoms with van der Waals surface area (Å²) in [5, 5.41) is 8.42. The molecule has 1 aromatic rings. The minimum atomic E-state index is -1.35. The van der Waals surface area contributed by atoms with Crippen molar-refractivity contribution in [3.63, 3.8) is 0 Å². The van der Waals surface area contributed by atoms with E-state index in [4.69, 9.17) is 4.74 Å². The van der Waals surface area contributed by atoms with Gasteiger partial charge >= 0.3 is 5.97 Å². The van der Waals surface area contributed by atoms with Gasteiger partial charge in [0.2, 0.25) is 23.6 Å². The van der Waals surface area contributed by atoms with Gasteiger partial charge in [0.05, 0.1) is 6.61 Å². The molecule has 0 aliphatic carbocycles. The second-order valence-corrected chi connectivity index (χ2v) is 11.2. The summed E-state index contributed by atoms with van der Waals surface area (Å²) in [7, 11) is 0.